The van der Waals surface area contributed by atoms with Crippen LogP contribution >= 0.6 is 0 Å². The van der Waals surface area contributed by atoms with Crippen molar-refractivity contribution in [3.8, 4) is 28.1 Å². The third kappa shape index (κ3) is 11.6. The molecule has 1 unspecified atom stereocenters. The van der Waals surface area contributed by atoms with E-state index in [1.807, 2.05) is 71.9 Å². The zero-order valence-corrected chi connectivity index (χ0v) is 29.6. The number of aryl methyl sites for hydroxylation is 2. The molecule has 0 saturated carbocycles. The van der Waals surface area contributed by atoms with Gasteiger partial charge < -0.3 is 25.3 Å². The number of rotatable bonds is 15. The van der Waals surface area contributed by atoms with E-state index in [0.29, 0.717) is 23.6 Å². The fourth-order valence-electron chi connectivity index (χ4n) is 4.88. The minimum atomic E-state index is -1.15. The first kappa shape index (κ1) is 38.9. The van der Waals surface area contributed by atoms with Gasteiger partial charge in [0.15, 0.2) is 0 Å². The number of carbonyl (C=O) groups is 4. The number of nitrogens with two attached hydrogens (primary N) is 1. The van der Waals surface area contributed by atoms with Crippen LogP contribution < -0.4 is 20.7 Å². The van der Waals surface area contributed by atoms with Crippen LogP contribution in [0.5, 0.6) is 5.88 Å². The summed E-state index contributed by atoms with van der Waals surface area (Å²) in [5.74, 6) is -2.11. The molecule has 0 radical (unpaired) electrons. The Kier molecular flexibility index (Phi) is 14.2. The summed E-state index contributed by atoms with van der Waals surface area (Å²) in [5, 5.41) is 2.38. The van der Waals surface area contributed by atoms with Crippen LogP contribution in [0, 0.1) is 19.7 Å². The van der Waals surface area contributed by atoms with E-state index in [4.69, 9.17) is 19.9 Å². The summed E-state index contributed by atoms with van der Waals surface area (Å²) < 4.78 is 31.7. The maximum absolute atomic E-state index is 15.8. The van der Waals surface area contributed by atoms with E-state index >= 15 is 4.39 Å². The molecule has 1 atom stereocenters. The zero-order valence-electron chi connectivity index (χ0n) is 29.6. The van der Waals surface area contributed by atoms with Gasteiger partial charge in [-0.1, -0.05) is 29.4 Å². The van der Waals surface area contributed by atoms with Crippen LogP contribution in [0.4, 0.5) is 14.9 Å². The lowest BCUT2D eigenvalue weighted by atomic mass is 9.92. The van der Waals surface area contributed by atoms with Gasteiger partial charge >= 0.3 is 12.1 Å². The topological polar surface area (TPSA) is 150 Å². The summed E-state index contributed by atoms with van der Waals surface area (Å²) >= 11 is 0. The quantitative estimate of drug-likeness (QED) is 0.102. The number of anilines is 1. The highest BCUT2D eigenvalue weighted by atomic mass is 19.1. The molecule has 50 heavy (non-hydrogen) atoms. The lowest BCUT2D eigenvalue weighted by Gasteiger charge is -2.22. The third-order valence-electron chi connectivity index (χ3n) is 7.52. The molecule has 11 nitrogen and oxygen atoms in total. The van der Waals surface area contributed by atoms with Crippen molar-refractivity contribution in [2.75, 3.05) is 24.8 Å². The number of primary amides is 1. The van der Waals surface area contributed by atoms with E-state index in [1.165, 1.54) is 17.9 Å². The van der Waals surface area contributed by atoms with Crippen molar-refractivity contribution in [1.29, 1.82) is 0 Å². The second kappa shape index (κ2) is 18.3. The van der Waals surface area contributed by atoms with Gasteiger partial charge in [-0.05, 0) is 101 Å². The Balaban J connectivity index is 1.79. The second-order valence-electron chi connectivity index (χ2n) is 12.3. The molecule has 0 bridgehead atoms. The van der Waals surface area contributed by atoms with E-state index in [2.05, 4.69) is 10.3 Å². The van der Waals surface area contributed by atoms with E-state index in [0.717, 1.165) is 33.4 Å². The van der Waals surface area contributed by atoms with E-state index < -0.39 is 42.5 Å². The highest BCUT2D eigenvalue weighted by molar-refractivity contribution is 5.89. The van der Waals surface area contributed by atoms with Gasteiger partial charge in [0.25, 0.3) is 0 Å². The molecule has 0 fully saturated rings. The van der Waals surface area contributed by atoms with Crippen LogP contribution in [-0.4, -0.2) is 54.8 Å². The number of hydrogen-bond acceptors (Lipinski definition) is 8. The molecule has 12 heteroatoms. The molecule has 0 spiro atoms. The Morgan fingerprint density at radius 3 is 2.18 bits per heavy atom. The van der Waals surface area contributed by atoms with Crippen LogP contribution in [0.1, 0.15) is 58.6 Å². The number of esters is 1. The zero-order chi connectivity index (χ0) is 37.0. The number of halogens is 1. The van der Waals surface area contributed by atoms with Crippen LogP contribution in [0.15, 0.2) is 72.0 Å². The van der Waals surface area contributed by atoms with Crippen LogP contribution in [-0.2, 0) is 23.9 Å². The summed E-state index contributed by atoms with van der Waals surface area (Å²) in [6.45, 7) is 12.5. The Morgan fingerprint density at radius 2 is 1.58 bits per heavy atom. The number of pyridine rings is 1. The highest BCUT2D eigenvalue weighted by Gasteiger charge is 2.24. The van der Waals surface area contributed by atoms with Crippen molar-refractivity contribution < 1.29 is 37.8 Å². The van der Waals surface area contributed by atoms with Gasteiger partial charge in [0, 0.05) is 43.3 Å². The van der Waals surface area contributed by atoms with Crippen molar-refractivity contribution in [1.82, 2.24) is 10.3 Å². The fraction of sp³-hybridized carbons (Fsp3) is 0.342. The van der Waals surface area contributed by atoms with Gasteiger partial charge in [0.1, 0.15) is 18.5 Å². The first-order chi connectivity index (χ1) is 23.7. The van der Waals surface area contributed by atoms with Gasteiger partial charge in [-0.2, -0.15) is 0 Å². The van der Waals surface area contributed by atoms with Crippen molar-refractivity contribution in [3.05, 3.63) is 88.9 Å². The maximum Gasteiger partial charge on any atom is 0.417 e. The van der Waals surface area contributed by atoms with Crippen molar-refractivity contribution in [2.45, 2.75) is 67.3 Å². The lowest BCUT2D eigenvalue weighted by molar-refractivity contribution is -0.155. The molecule has 0 aliphatic heterocycles. The molecular weight excluding hydrogens is 643 g/mol. The standard InChI is InChI=1S/C38H45FN4O7/c1-23(2)14-16-43(38(47)50-22-49-37(46)34(42-27(7)44)11-12-35(40)45)29-9-10-30(33(39)20-29)32-19-25(5)31(18-26(32)6)28-8-13-36(41-21-28)48-17-15-24(3)4/h8-10,13-15,18-21,34H,11-12,16-17,22H2,1-7H3,(H2,40,45)(H,42,44). The lowest BCUT2D eigenvalue weighted by Crippen LogP contribution is -2.42. The van der Waals surface area contributed by atoms with Crippen molar-refractivity contribution in [3.63, 3.8) is 0 Å². The summed E-state index contributed by atoms with van der Waals surface area (Å²) in [4.78, 5) is 53.9. The number of aromatic nitrogens is 1. The van der Waals surface area contributed by atoms with Gasteiger partial charge in [0.2, 0.25) is 24.5 Å². The minimum absolute atomic E-state index is 0.0562. The first-order valence-corrected chi connectivity index (χ1v) is 16.1. The summed E-state index contributed by atoms with van der Waals surface area (Å²) in [7, 11) is 0. The number of amides is 3. The molecule has 3 amide bonds. The van der Waals surface area contributed by atoms with Crippen molar-refractivity contribution in [2.24, 2.45) is 5.73 Å². The highest BCUT2D eigenvalue weighted by Crippen LogP contribution is 2.34. The number of carbonyl (C=O) groups excluding carboxylic acids is 4. The number of hydrogen-bond donors (Lipinski definition) is 2. The van der Waals surface area contributed by atoms with Gasteiger partial charge in [-0.15, -0.1) is 0 Å². The molecule has 3 N–H and O–H groups in total. The average molecular weight is 689 g/mol. The molecule has 1 aromatic heterocycles. The Hall–Kier alpha value is -5.52. The van der Waals surface area contributed by atoms with Crippen LogP contribution in [0.3, 0.4) is 0 Å². The fourth-order valence-corrected chi connectivity index (χ4v) is 4.88. The second-order valence-corrected chi connectivity index (χ2v) is 12.3. The van der Waals surface area contributed by atoms with Gasteiger partial charge in [-0.3, -0.25) is 14.5 Å². The number of nitrogens with zero attached hydrogens (tertiary/aromatic N) is 2. The SMILES string of the molecule is CC(=O)NC(CCC(N)=O)C(=O)OCOC(=O)N(CC=C(C)C)c1ccc(-c2cc(C)c(-c3ccc(OCC=C(C)C)nc3)cc2C)c(F)c1. The predicted octanol–water partition coefficient (Wildman–Crippen LogP) is 6.70. The molecule has 0 aliphatic rings. The van der Waals surface area contributed by atoms with Gasteiger partial charge in [0.05, 0.1) is 5.69 Å². The predicted molar refractivity (Wildman–Crippen MR) is 190 cm³/mol. The summed E-state index contributed by atoms with van der Waals surface area (Å²) in [5.41, 5.74) is 12.1. The third-order valence-corrected chi connectivity index (χ3v) is 7.52. The Labute approximate surface area is 292 Å². The number of benzene rings is 2. The van der Waals surface area contributed by atoms with Crippen molar-refractivity contribution >= 4 is 29.6 Å². The average Bonchev–Trinajstić information content (AvgIpc) is 3.04. The summed E-state index contributed by atoms with van der Waals surface area (Å²) in [6.07, 6.45) is 4.34. The number of allylic oxidation sites excluding steroid dienone is 2. The molecule has 1 heterocycles. The molecule has 3 rings (SSSR count). The first-order valence-electron chi connectivity index (χ1n) is 16.1. The summed E-state index contributed by atoms with van der Waals surface area (Å²) in [6, 6.07) is 11.0. The molecule has 0 aliphatic carbocycles. The van der Waals surface area contributed by atoms with Crippen LogP contribution in [0.25, 0.3) is 22.3 Å². The maximum atomic E-state index is 15.8. The molecular formula is C38H45FN4O7. The Morgan fingerprint density at radius 1 is 0.900 bits per heavy atom. The number of ether oxygens (including phenoxy) is 3. The molecule has 0 saturated heterocycles. The number of nitrogens with one attached hydrogen (secondary N) is 1. The van der Waals surface area contributed by atoms with Crippen LogP contribution in [0.2, 0.25) is 0 Å². The molecule has 2 aromatic carbocycles. The van der Waals surface area contributed by atoms with E-state index in [-0.39, 0.29) is 25.1 Å². The minimum Gasteiger partial charge on any atom is -0.473 e. The largest absolute Gasteiger partial charge is 0.473 e. The van der Waals surface area contributed by atoms with Gasteiger partial charge in [-0.25, -0.2) is 19.0 Å². The van der Waals surface area contributed by atoms with E-state index in [1.54, 1.807) is 24.4 Å². The van der Waals surface area contributed by atoms with E-state index in [9.17, 15) is 19.2 Å². The molecule has 266 valence electrons. The normalized spacial score (nSPS) is 11.1. The monoisotopic (exact) mass is 688 g/mol. The smallest absolute Gasteiger partial charge is 0.417 e. The molecule has 3 aromatic rings. The Bertz CT molecular complexity index is 1760.